The third-order valence-electron chi connectivity index (χ3n) is 0. The molecule has 7 radical (unpaired) electrons. The number of hydrogen-bond donors (Lipinski definition) is 0. The summed E-state index contributed by atoms with van der Waals surface area (Å²) in [7, 11) is 0. The third kappa shape index (κ3) is 30.0. The van der Waals surface area contributed by atoms with Crippen molar-refractivity contribution in [1.82, 2.24) is 0 Å². The molecule has 6 N–H and O–H groups in total. The van der Waals surface area contributed by atoms with Crippen molar-refractivity contribution in [2.24, 2.45) is 0 Å². The predicted molar refractivity (Wildman–Crippen MR) is 22.3 cm³/mol. The van der Waals surface area contributed by atoms with Gasteiger partial charge in [-0.3, -0.25) is 0 Å². The van der Waals surface area contributed by atoms with Crippen LogP contribution in [0.2, 0.25) is 0 Å². The summed E-state index contributed by atoms with van der Waals surface area (Å²) >= 11 is 0. The normalized spacial score (nSPS) is 0. The van der Waals surface area contributed by atoms with E-state index in [1.165, 1.54) is 0 Å². The van der Waals surface area contributed by atoms with Crippen molar-refractivity contribution in [1.29, 1.82) is 0 Å². The van der Waals surface area contributed by atoms with Gasteiger partial charge in [-0.05, 0) is 0 Å². The Bertz CT molecular complexity index is 6.85. The zero-order valence-electron chi connectivity index (χ0n) is 2.45. The average molecular weight is 295 g/mol. The summed E-state index contributed by atoms with van der Waals surface area (Å²) < 4.78 is 0. The van der Waals surface area contributed by atoms with E-state index >= 15 is 0 Å². The van der Waals surface area contributed by atoms with Gasteiger partial charge in [-0.25, -0.2) is 0 Å². The third-order valence-corrected chi connectivity index (χ3v) is 0. The van der Waals surface area contributed by atoms with Crippen LogP contribution >= 0.6 is 0 Å². The van der Waals surface area contributed by atoms with Crippen molar-refractivity contribution in [3.8, 4) is 0 Å². The van der Waals surface area contributed by atoms with E-state index in [0.717, 1.165) is 0 Å². The Balaban J connectivity index is 0. The summed E-state index contributed by atoms with van der Waals surface area (Å²) in [6.07, 6.45) is 0. The maximum absolute atomic E-state index is 0. The fourth-order valence-electron chi connectivity index (χ4n) is 0. The van der Waals surface area contributed by atoms with Crippen molar-refractivity contribution >= 4 is 48.3 Å². The van der Waals surface area contributed by atoms with Crippen LogP contribution in [0, 0.1) is 0 Å². The second kappa shape index (κ2) is 49.6. The summed E-state index contributed by atoms with van der Waals surface area (Å²) in [5.41, 5.74) is 0. The molecule has 0 aliphatic rings. The summed E-state index contributed by atoms with van der Waals surface area (Å²) in [5, 5.41) is 0. The van der Waals surface area contributed by atoms with Crippen molar-refractivity contribution < 1.29 is 16.4 Å². The first-order valence-electron chi connectivity index (χ1n) is 0. The molecular formula is H6O3SbSn. The Morgan fingerprint density at radius 1 is 0.600 bits per heavy atom. The Hall–Kier alpha value is 1.50. The maximum atomic E-state index is 0. The van der Waals surface area contributed by atoms with Crippen LogP contribution < -0.4 is 0 Å². The minimum Gasteiger partial charge on any atom is -0.412 e. The first-order valence-corrected chi connectivity index (χ1v) is 0. The van der Waals surface area contributed by atoms with Gasteiger partial charge in [0.05, 0.1) is 0 Å². The smallest absolute Gasteiger partial charge is 0 e. The fraction of sp³-hybridized carbons (Fsp3) is 0. The molecule has 0 saturated carbocycles. The van der Waals surface area contributed by atoms with Gasteiger partial charge < -0.3 is 16.4 Å². The Morgan fingerprint density at radius 2 is 0.600 bits per heavy atom. The maximum Gasteiger partial charge on any atom is 0 e. The zero-order chi connectivity index (χ0) is 0. The molecule has 0 aromatic rings. The van der Waals surface area contributed by atoms with E-state index in [-0.39, 0.29) is 64.8 Å². The van der Waals surface area contributed by atoms with Gasteiger partial charge in [0.25, 0.3) is 0 Å². The van der Waals surface area contributed by atoms with Crippen LogP contribution in [0.4, 0.5) is 0 Å². The molecule has 0 atom stereocenters. The molecule has 0 bridgehead atoms. The predicted octanol–water partition coefficient (Wildman–Crippen LogP) is -3.24. The molecule has 0 unspecified atom stereocenters. The quantitative estimate of drug-likeness (QED) is 0.420. The van der Waals surface area contributed by atoms with Gasteiger partial charge in [0.15, 0.2) is 0 Å². The molecule has 5 heavy (non-hydrogen) atoms. The Kier molecular flexibility index (Phi) is 869. The SMILES string of the molecule is O.O.O.[Sb].[Sn]. The van der Waals surface area contributed by atoms with E-state index in [1.54, 1.807) is 0 Å². The Morgan fingerprint density at radius 3 is 0.600 bits per heavy atom. The number of rotatable bonds is 0. The monoisotopic (exact) mass is 295 g/mol. The van der Waals surface area contributed by atoms with Gasteiger partial charge in [-0.15, -0.1) is 0 Å². The van der Waals surface area contributed by atoms with Crippen LogP contribution in [0.15, 0.2) is 0 Å². The standard InChI is InChI=1S/3H2O.Sb.Sn/h3*1H2;;. The molecular weight excluding hydrogens is 288 g/mol. The molecule has 0 aromatic heterocycles. The zero-order valence-corrected chi connectivity index (χ0v) is 7.85. The van der Waals surface area contributed by atoms with Crippen molar-refractivity contribution in [2.75, 3.05) is 0 Å². The van der Waals surface area contributed by atoms with Gasteiger partial charge in [0.1, 0.15) is 0 Å². The minimum atomic E-state index is 0. The summed E-state index contributed by atoms with van der Waals surface area (Å²) in [4.78, 5) is 0. The summed E-state index contributed by atoms with van der Waals surface area (Å²) in [6, 6.07) is 0. The van der Waals surface area contributed by atoms with E-state index in [1.807, 2.05) is 0 Å². The van der Waals surface area contributed by atoms with Crippen LogP contribution in [-0.4, -0.2) is 64.8 Å². The molecule has 33 valence electrons. The minimum absolute atomic E-state index is 0. The van der Waals surface area contributed by atoms with Gasteiger partial charge in [0, 0.05) is 48.3 Å². The van der Waals surface area contributed by atoms with Crippen LogP contribution in [0.1, 0.15) is 0 Å². The van der Waals surface area contributed by atoms with Crippen LogP contribution in [-0.2, 0) is 0 Å². The molecule has 0 aromatic carbocycles. The van der Waals surface area contributed by atoms with Gasteiger partial charge in [-0.1, -0.05) is 0 Å². The van der Waals surface area contributed by atoms with Crippen LogP contribution in [0.5, 0.6) is 0 Å². The first-order chi connectivity index (χ1) is 0. The second-order valence-corrected chi connectivity index (χ2v) is 0. The molecule has 3 nitrogen and oxygen atoms in total. The van der Waals surface area contributed by atoms with Crippen molar-refractivity contribution in [2.45, 2.75) is 0 Å². The van der Waals surface area contributed by atoms with E-state index in [9.17, 15) is 0 Å². The van der Waals surface area contributed by atoms with Gasteiger partial charge >= 0.3 is 0 Å². The van der Waals surface area contributed by atoms with Crippen LogP contribution in [0.3, 0.4) is 0 Å². The van der Waals surface area contributed by atoms with Gasteiger partial charge in [0.2, 0.25) is 0 Å². The molecule has 0 aliphatic heterocycles. The molecule has 0 spiro atoms. The summed E-state index contributed by atoms with van der Waals surface area (Å²) in [5.74, 6) is 0. The molecule has 0 fully saturated rings. The number of hydrogen-bond acceptors (Lipinski definition) is 0. The largest absolute Gasteiger partial charge is 0.412 e. The Labute approximate surface area is 64.5 Å². The fourth-order valence-corrected chi connectivity index (χ4v) is 0. The molecule has 0 rings (SSSR count). The van der Waals surface area contributed by atoms with E-state index < -0.39 is 0 Å². The van der Waals surface area contributed by atoms with Crippen LogP contribution in [0.25, 0.3) is 0 Å². The average Bonchev–Trinajstić information content (AvgIpc) is 0. The van der Waals surface area contributed by atoms with Gasteiger partial charge in [-0.2, -0.15) is 0 Å². The molecule has 0 heterocycles. The molecule has 0 aliphatic carbocycles. The summed E-state index contributed by atoms with van der Waals surface area (Å²) in [6.45, 7) is 0. The van der Waals surface area contributed by atoms with Crippen molar-refractivity contribution in [3.63, 3.8) is 0 Å². The van der Waals surface area contributed by atoms with E-state index in [2.05, 4.69) is 0 Å². The molecule has 0 amide bonds. The topological polar surface area (TPSA) is 94.5 Å². The van der Waals surface area contributed by atoms with E-state index in [0.29, 0.717) is 0 Å². The first kappa shape index (κ1) is 87.6. The van der Waals surface area contributed by atoms with Crippen molar-refractivity contribution in [3.05, 3.63) is 0 Å². The van der Waals surface area contributed by atoms with E-state index in [4.69, 9.17) is 0 Å². The second-order valence-electron chi connectivity index (χ2n) is 0. The molecule has 5 heteroatoms. The molecule has 0 saturated heterocycles.